The molecule has 14 heteroatoms. The number of likely N-dealkylation sites (N-methyl/N-ethyl adjacent to an activating group) is 1. The number of amides is 2. The van der Waals surface area contributed by atoms with Gasteiger partial charge in [0.25, 0.3) is 5.56 Å². The summed E-state index contributed by atoms with van der Waals surface area (Å²) in [7, 11) is 4.54. The Morgan fingerprint density at radius 1 is 1.27 bits per heavy atom. The van der Waals surface area contributed by atoms with Crippen molar-refractivity contribution < 1.29 is 24.2 Å². The lowest BCUT2D eigenvalue weighted by molar-refractivity contribution is -0.129. The highest BCUT2D eigenvalue weighted by molar-refractivity contribution is 5.94. The number of aromatic amines is 1. The molecule has 0 aliphatic heterocycles. The fraction of sp³-hybridized carbons (Fsp3) is 0.462. The number of anilines is 1. The number of fused-ring (bicyclic) bond motifs is 1. The van der Waals surface area contributed by atoms with Gasteiger partial charge in [-0.15, -0.1) is 0 Å². The number of hydrogen-bond donors (Lipinski definition) is 4. The zero-order valence-electron chi connectivity index (χ0n) is 23.2. The van der Waals surface area contributed by atoms with E-state index in [1.165, 1.54) is 35.0 Å². The average Bonchev–Trinajstić information content (AvgIpc) is 3.34. The van der Waals surface area contributed by atoms with Crippen molar-refractivity contribution in [2.45, 2.75) is 45.7 Å². The number of nitrogens with one attached hydrogen (secondary N) is 3. The molecule has 0 aliphatic rings. The van der Waals surface area contributed by atoms with Crippen LogP contribution in [0.15, 0.2) is 41.6 Å². The third-order valence-corrected chi connectivity index (χ3v) is 5.66. The Balaban J connectivity index is 1.74. The summed E-state index contributed by atoms with van der Waals surface area (Å²) in [5.41, 5.74) is 0.526. The van der Waals surface area contributed by atoms with Crippen LogP contribution in [0, 0.1) is 5.92 Å². The molecule has 1 unspecified atom stereocenters. The first kappa shape index (κ1) is 30.4. The zero-order chi connectivity index (χ0) is 29.2. The van der Waals surface area contributed by atoms with Gasteiger partial charge in [-0.05, 0) is 37.0 Å². The SMILES string of the molecule is COC(O)N[C@@H](CC/C=C/C(=O)N(C)C)C(=O)Nc1cccn(Cc2nc3c(OCC(C)C)ncnc3[nH]2)c1=O. The minimum absolute atomic E-state index is 0.0430. The van der Waals surface area contributed by atoms with Crippen molar-refractivity contribution in [2.24, 2.45) is 5.92 Å². The number of ether oxygens (including phenoxy) is 2. The highest BCUT2D eigenvalue weighted by Crippen LogP contribution is 2.20. The van der Waals surface area contributed by atoms with Crippen molar-refractivity contribution in [1.29, 1.82) is 0 Å². The summed E-state index contributed by atoms with van der Waals surface area (Å²) in [5.74, 6) is 0.372. The highest BCUT2D eigenvalue weighted by Gasteiger charge is 2.22. The predicted molar refractivity (Wildman–Crippen MR) is 147 cm³/mol. The molecule has 3 rings (SSSR count). The molecule has 4 N–H and O–H groups in total. The summed E-state index contributed by atoms with van der Waals surface area (Å²) < 4.78 is 11.9. The van der Waals surface area contributed by atoms with E-state index in [1.54, 1.807) is 32.4 Å². The molecule has 2 atom stereocenters. The quantitative estimate of drug-likeness (QED) is 0.164. The Labute approximate surface area is 231 Å². The average molecular weight is 557 g/mol. The van der Waals surface area contributed by atoms with Crippen LogP contribution in [0.4, 0.5) is 5.69 Å². The van der Waals surface area contributed by atoms with Crippen LogP contribution in [0.25, 0.3) is 11.2 Å². The number of carbonyl (C=O) groups excluding carboxylic acids is 2. The van der Waals surface area contributed by atoms with Crippen molar-refractivity contribution in [3.8, 4) is 5.88 Å². The van der Waals surface area contributed by atoms with E-state index >= 15 is 0 Å². The summed E-state index contributed by atoms with van der Waals surface area (Å²) in [5, 5.41) is 15.2. The number of nitrogens with zero attached hydrogens (tertiary/aromatic N) is 5. The number of pyridine rings is 1. The van der Waals surface area contributed by atoms with Crippen molar-refractivity contribution in [1.82, 2.24) is 34.7 Å². The van der Waals surface area contributed by atoms with E-state index in [9.17, 15) is 19.5 Å². The van der Waals surface area contributed by atoms with Gasteiger partial charge in [0, 0.05) is 27.4 Å². The van der Waals surface area contributed by atoms with Crippen molar-refractivity contribution in [2.75, 3.05) is 33.1 Å². The molecule has 2 amide bonds. The Bertz CT molecular complexity index is 1380. The van der Waals surface area contributed by atoms with Crippen molar-refractivity contribution in [3.63, 3.8) is 0 Å². The number of rotatable bonds is 14. The second-order valence-electron chi connectivity index (χ2n) is 9.63. The van der Waals surface area contributed by atoms with Crippen LogP contribution in [-0.2, 0) is 20.9 Å². The van der Waals surface area contributed by atoms with E-state index in [0.717, 1.165) is 0 Å². The summed E-state index contributed by atoms with van der Waals surface area (Å²) in [6.07, 6.45) is 5.18. The van der Waals surface area contributed by atoms with Crippen LogP contribution in [0.2, 0.25) is 0 Å². The number of imidazole rings is 1. The van der Waals surface area contributed by atoms with Gasteiger partial charge in [-0.1, -0.05) is 19.9 Å². The van der Waals surface area contributed by atoms with Gasteiger partial charge in [-0.3, -0.25) is 19.7 Å². The molecule has 0 saturated carbocycles. The second kappa shape index (κ2) is 14.3. The number of aromatic nitrogens is 5. The summed E-state index contributed by atoms with van der Waals surface area (Å²) >= 11 is 0. The Kier molecular flexibility index (Phi) is 10.9. The van der Waals surface area contributed by atoms with Gasteiger partial charge in [0.15, 0.2) is 11.2 Å². The first-order valence-corrected chi connectivity index (χ1v) is 12.8. The molecular formula is C26H36N8O6. The Morgan fingerprint density at radius 3 is 2.75 bits per heavy atom. The van der Waals surface area contributed by atoms with Crippen LogP contribution in [0.3, 0.4) is 0 Å². The third kappa shape index (κ3) is 8.43. The molecule has 40 heavy (non-hydrogen) atoms. The van der Waals surface area contributed by atoms with Gasteiger partial charge >= 0.3 is 0 Å². The minimum atomic E-state index is -1.40. The van der Waals surface area contributed by atoms with Crippen LogP contribution in [-0.4, -0.2) is 86.6 Å². The predicted octanol–water partition coefficient (Wildman–Crippen LogP) is 0.841. The molecule has 0 saturated heterocycles. The molecular weight excluding hydrogens is 520 g/mol. The Morgan fingerprint density at radius 2 is 2.05 bits per heavy atom. The van der Waals surface area contributed by atoms with Gasteiger partial charge in [0.2, 0.25) is 24.1 Å². The number of methoxy groups -OCH3 is 1. The Hall–Kier alpha value is -4.14. The summed E-state index contributed by atoms with van der Waals surface area (Å²) in [6.45, 7) is 4.60. The largest absolute Gasteiger partial charge is 0.476 e. The molecule has 3 heterocycles. The summed E-state index contributed by atoms with van der Waals surface area (Å²) in [4.78, 5) is 55.3. The van der Waals surface area contributed by atoms with Gasteiger partial charge in [-0.2, -0.15) is 4.98 Å². The lowest BCUT2D eigenvalue weighted by Gasteiger charge is -2.20. The molecule has 0 aromatic carbocycles. The van der Waals surface area contributed by atoms with Gasteiger partial charge < -0.3 is 34.3 Å². The fourth-order valence-corrected chi connectivity index (χ4v) is 3.54. The maximum atomic E-state index is 13.2. The van der Waals surface area contributed by atoms with E-state index in [4.69, 9.17) is 9.47 Å². The highest BCUT2D eigenvalue weighted by atomic mass is 16.6. The standard InChI is InChI=1S/C26H36N8O6/c1-16(2)14-40-24-21-22(27-15-28-24)32-19(31-21)13-34-12-8-10-18(25(34)37)29-23(36)17(30-26(38)39-5)9-6-7-11-20(35)33(3)4/h7-8,10-12,15-17,26,30,38H,6,9,13-14H2,1-5H3,(H,29,36)(H,27,28,31,32)/b11-7+/t17-,26?/m0/s1. The van der Waals surface area contributed by atoms with E-state index < -0.39 is 23.9 Å². The van der Waals surface area contributed by atoms with Crippen LogP contribution in [0.5, 0.6) is 5.88 Å². The topological polar surface area (TPSA) is 177 Å². The lowest BCUT2D eigenvalue weighted by Crippen LogP contribution is -2.47. The molecule has 0 aliphatic carbocycles. The molecule has 0 radical (unpaired) electrons. The minimum Gasteiger partial charge on any atom is -0.476 e. The van der Waals surface area contributed by atoms with Crippen molar-refractivity contribution >= 4 is 28.7 Å². The summed E-state index contributed by atoms with van der Waals surface area (Å²) in [6, 6.07) is 2.19. The number of aliphatic hydroxyl groups excluding tert-OH is 1. The zero-order valence-corrected chi connectivity index (χ0v) is 23.2. The molecule has 0 fully saturated rings. The third-order valence-electron chi connectivity index (χ3n) is 5.66. The van der Waals surface area contributed by atoms with Gasteiger partial charge in [-0.25, -0.2) is 9.97 Å². The van der Waals surface area contributed by atoms with Crippen LogP contribution < -0.4 is 20.9 Å². The number of aliphatic hydroxyl groups is 1. The van der Waals surface area contributed by atoms with Gasteiger partial charge in [0.1, 0.15) is 17.8 Å². The number of allylic oxidation sites excluding steroid dienone is 1. The molecule has 3 aromatic heterocycles. The number of hydrogen-bond acceptors (Lipinski definition) is 10. The fourth-order valence-electron chi connectivity index (χ4n) is 3.54. The van der Waals surface area contributed by atoms with Crippen LogP contribution >= 0.6 is 0 Å². The first-order chi connectivity index (χ1) is 19.1. The maximum absolute atomic E-state index is 13.2. The molecule has 14 nitrogen and oxygen atoms in total. The molecule has 216 valence electrons. The molecule has 0 spiro atoms. The van der Waals surface area contributed by atoms with Crippen LogP contribution in [0.1, 0.15) is 32.5 Å². The smallest absolute Gasteiger partial charge is 0.274 e. The van der Waals surface area contributed by atoms with E-state index in [-0.39, 0.29) is 24.6 Å². The van der Waals surface area contributed by atoms with Crippen molar-refractivity contribution in [3.05, 3.63) is 53.0 Å². The van der Waals surface area contributed by atoms with E-state index in [1.807, 2.05) is 13.8 Å². The molecule has 3 aromatic rings. The lowest BCUT2D eigenvalue weighted by atomic mass is 10.1. The monoisotopic (exact) mass is 556 g/mol. The van der Waals surface area contributed by atoms with E-state index in [2.05, 4.69) is 30.6 Å². The second-order valence-corrected chi connectivity index (χ2v) is 9.63. The van der Waals surface area contributed by atoms with Gasteiger partial charge in [0.05, 0.1) is 19.2 Å². The molecule has 0 bridgehead atoms. The maximum Gasteiger partial charge on any atom is 0.274 e. The first-order valence-electron chi connectivity index (χ1n) is 12.8. The van der Waals surface area contributed by atoms with E-state index in [0.29, 0.717) is 41.8 Å². The number of carbonyl (C=O) groups is 2. The number of H-pyrrole nitrogens is 1. The normalized spacial score (nSPS) is 13.1.